The van der Waals surface area contributed by atoms with Gasteiger partial charge in [-0.05, 0) is 11.6 Å². The van der Waals surface area contributed by atoms with E-state index in [0.29, 0.717) is 13.2 Å². The fraction of sp³-hybridized carbons (Fsp3) is 0.235. The number of rotatable bonds is 1. The van der Waals surface area contributed by atoms with E-state index in [9.17, 15) is 9.90 Å². The van der Waals surface area contributed by atoms with Gasteiger partial charge in [0.25, 0.3) is 5.91 Å². The molecule has 0 spiro atoms. The Balaban J connectivity index is 2.01. The van der Waals surface area contributed by atoms with Gasteiger partial charge in [-0.2, -0.15) is 0 Å². The Morgan fingerprint density at radius 1 is 1.10 bits per heavy atom. The maximum atomic E-state index is 12.2. The third kappa shape index (κ3) is 1.45. The van der Waals surface area contributed by atoms with E-state index in [-0.39, 0.29) is 5.91 Å². The van der Waals surface area contributed by atoms with Gasteiger partial charge in [-0.1, -0.05) is 48.5 Å². The van der Waals surface area contributed by atoms with Crippen LogP contribution in [0.4, 0.5) is 0 Å². The van der Waals surface area contributed by atoms with Crippen LogP contribution in [0.2, 0.25) is 0 Å². The van der Waals surface area contributed by atoms with E-state index in [1.54, 1.807) is 4.90 Å². The van der Waals surface area contributed by atoms with Crippen LogP contribution in [0.3, 0.4) is 0 Å². The first kappa shape index (κ1) is 12.4. The number of aliphatic hydroxyl groups excluding tert-OH is 1. The number of ether oxygens (including phenoxy) is 1. The summed E-state index contributed by atoms with van der Waals surface area (Å²) >= 11 is 0. The number of para-hydroxylation sites is 1. The highest BCUT2D eigenvalue weighted by Gasteiger charge is 2.63. The predicted molar refractivity (Wildman–Crippen MR) is 76.9 cm³/mol. The van der Waals surface area contributed by atoms with Gasteiger partial charge in [0.15, 0.2) is 6.10 Å². The lowest BCUT2D eigenvalue weighted by Crippen LogP contribution is -2.72. The molecule has 106 valence electrons. The quantitative estimate of drug-likeness (QED) is 0.806. The molecule has 2 aromatic carbocycles. The lowest BCUT2D eigenvalue weighted by Gasteiger charge is -2.55. The number of benzene rings is 2. The molecule has 4 nitrogen and oxygen atoms in total. The molecule has 2 aromatic rings. The van der Waals surface area contributed by atoms with Gasteiger partial charge in [0, 0.05) is 5.56 Å². The molecule has 2 atom stereocenters. The Bertz CT molecular complexity index is 700. The van der Waals surface area contributed by atoms with Crippen LogP contribution in [0, 0.1) is 0 Å². The first-order valence-corrected chi connectivity index (χ1v) is 7.03. The molecular formula is C17H15NO3. The fourth-order valence-electron chi connectivity index (χ4n) is 3.48. The summed E-state index contributed by atoms with van der Waals surface area (Å²) in [6, 6.07) is 17.3. The Kier molecular flexibility index (Phi) is 2.56. The molecule has 0 aromatic heterocycles. The van der Waals surface area contributed by atoms with E-state index in [0.717, 1.165) is 16.9 Å². The number of amides is 1. The largest absolute Gasteiger partial charge is 0.491 e. The maximum absolute atomic E-state index is 12.2. The molecule has 2 heterocycles. The molecule has 21 heavy (non-hydrogen) atoms. The molecule has 2 aliphatic rings. The Morgan fingerprint density at radius 2 is 1.81 bits per heavy atom. The summed E-state index contributed by atoms with van der Waals surface area (Å²) in [6.07, 6.45) is -1.07. The zero-order valence-corrected chi connectivity index (χ0v) is 11.4. The lowest BCUT2D eigenvalue weighted by atomic mass is 9.70. The van der Waals surface area contributed by atoms with Crippen LogP contribution < -0.4 is 4.74 Å². The van der Waals surface area contributed by atoms with Crippen LogP contribution in [-0.4, -0.2) is 35.2 Å². The molecule has 0 aliphatic carbocycles. The molecule has 0 bridgehead atoms. The molecule has 2 aliphatic heterocycles. The van der Waals surface area contributed by atoms with Crippen LogP contribution in [0.25, 0.3) is 0 Å². The molecule has 1 amide bonds. The van der Waals surface area contributed by atoms with E-state index in [1.807, 2.05) is 54.6 Å². The summed E-state index contributed by atoms with van der Waals surface area (Å²) in [5, 5.41) is 10.5. The molecule has 4 heteroatoms. The van der Waals surface area contributed by atoms with E-state index >= 15 is 0 Å². The van der Waals surface area contributed by atoms with E-state index in [4.69, 9.17) is 4.74 Å². The normalized spacial score (nSPS) is 27.0. The lowest BCUT2D eigenvalue weighted by molar-refractivity contribution is -0.180. The van der Waals surface area contributed by atoms with Gasteiger partial charge < -0.3 is 14.7 Å². The summed E-state index contributed by atoms with van der Waals surface area (Å²) in [5.41, 5.74) is 0.932. The molecule has 2 unspecified atom stereocenters. The SMILES string of the molecule is O=C1C(O)C2(c3ccccc3)c3ccccc3OCCN12. The van der Waals surface area contributed by atoms with Crippen LogP contribution in [0.1, 0.15) is 11.1 Å². The summed E-state index contributed by atoms with van der Waals surface area (Å²) in [4.78, 5) is 13.9. The number of hydrogen-bond donors (Lipinski definition) is 1. The highest BCUT2D eigenvalue weighted by molar-refractivity contribution is 5.93. The molecule has 4 rings (SSSR count). The van der Waals surface area contributed by atoms with Gasteiger partial charge in [0.1, 0.15) is 17.9 Å². The Hall–Kier alpha value is -2.33. The standard InChI is InChI=1S/C17H15NO3/c19-15-16(20)18-10-11-21-14-9-5-4-8-13(14)17(15,18)12-6-2-1-3-7-12/h1-9,15,19H,10-11H2. The van der Waals surface area contributed by atoms with Gasteiger partial charge in [-0.3, -0.25) is 4.79 Å². The van der Waals surface area contributed by atoms with E-state index in [1.165, 1.54) is 0 Å². The second kappa shape index (κ2) is 4.33. The number of fused-ring (bicyclic) bond motifs is 3. The van der Waals surface area contributed by atoms with Crippen molar-refractivity contribution >= 4 is 5.91 Å². The minimum atomic E-state index is -1.07. The second-order valence-corrected chi connectivity index (χ2v) is 5.37. The van der Waals surface area contributed by atoms with Crippen molar-refractivity contribution in [3.05, 3.63) is 65.7 Å². The van der Waals surface area contributed by atoms with Crippen LogP contribution in [0.15, 0.2) is 54.6 Å². The molecule has 0 saturated carbocycles. The molecule has 1 N–H and O–H groups in total. The van der Waals surface area contributed by atoms with Crippen LogP contribution in [0.5, 0.6) is 5.75 Å². The first-order chi connectivity index (χ1) is 10.3. The third-order valence-corrected chi connectivity index (χ3v) is 4.41. The Morgan fingerprint density at radius 3 is 2.62 bits per heavy atom. The van der Waals surface area contributed by atoms with Gasteiger partial charge in [-0.15, -0.1) is 0 Å². The van der Waals surface area contributed by atoms with Crippen molar-refractivity contribution in [2.45, 2.75) is 11.6 Å². The second-order valence-electron chi connectivity index (χ2n) is 5.37. The van der Waals surface area contributed by atoms with Crippen LogP contribution >= 0.6 is 0 Å². The molecule has 0 radical (unpaired) electrons. The van der Waals surface area contributed by atoms with Crippen molar-refractivity contribution < 1.29 is 14.6 Å². The zero-order chi connectivity index (χ0) is 14.4. The number of carbonyl (C=O) groups is 1. The van der Waals surface area contributed by atoms with Crippen molar-refractivity contribution in [1.82, 2.24) is 4.90 Å². The van der Waals surface area contributed by atoms with Gasteiger partial charge in [0.2, 0.25) is 0 Å². The third-order valence-electron chi connectivity index (χ3n) is 4.41. The monoisotopic (exact) mass is 281 g/mol. The fourth-order valence-corrected chi connectivity index (χ4v) is 3.48. The first-order valence-electron chi connectivity index (χ1n) is 7.03. The van der Waals surface area contributed by atoms with Crippen molar-refractivity contribution in [1.29, 1.82) is 0 Å². The predicted octanol–water partition coefficient (Wildman–Crippen LogP) is 1.53. The number of hydrogen-bond acceptors (Lipinski definition) is 3. The van der Waals surface area contributed by atoms with E-state index < -0.39 is 11.6 Å². The number of carbonyl (C=O) groups excluding carboxylic acids is 1. The van der Waals surface area contributed by atoms with Crippen molar-refractivity contribution in [2.75, 3.05) is 13.2 Å². The topological polar surface area (TPSA) is 49.8 Å². The molecule has 1 saturated heterocycles. The minimum Gasteiger partial charge on any atom is -0.491 e. The van der Waals surface area contributed by atoms with Gasteiger partial charge in [0.05, 0.1) is 6.54 Å². The molecular weight excluding hydrogens is 266 g/mol. The van der Waals surface area contributed by atoms with Crippen molar-refractivity contribution in [2.24, 2.45) is 0 Å². The smallest absolute Gasteiger partial charge is 0.255 e. The van der Waals surface area contributed by atoms with Crippen LogP contribution in [-0.2, 0) is 10.3 Å². The van der Waals surface area contributed by atoms with Gasteiger partial charge >= 0.3 is 0 Å². The highest BCUT2D eigenvalue weighted by atomic mass is 16.5. The van der Waals surface area contributed by atoms with Crippen molar-refractivity contribution in [3.63, 3.8) is 0 Å². The van der Waals surface area contributed by atoms with E-state index in [2.05, 4.69) is 0 Å². The minimum absolute atomic E-state index is 0.237. The summed E-state index contributed by atoms with van der Waals surface area (Å²) in [6.45, 7) is 0.906. The number of aliphatic hydroxyl groups is 1. The summed E-state index contributed by atoms with van der Waals surface area (Å²) < 4.78 is 5.77. The zero-order valence-electron chi connectivity index (χ0n) is 11.4. The highest BCUT2D eigenvalue weighted by Crippen LogP contribution is 2.50. The summed E-state index contributed by atoms with van der Waals surface area (Å²) in [7, 11) is 0. The molecule has 1 fully saturated rings. The average Bonchev–Trinajstić information content (AvgIpc) is 2.70. The van der Waals surface area contributed by atoms with Crippen molar-refractivity contribution in [3.8, 4) is 5.75 Å². The number of β-lactam (4-membered cyclic amide) rings is 1. The Labute approximate surface area is 122 Å². The average molecular weight is 281 g/mol. The number of nitrogens with zero attached hydrogens (tertiary/aromatic N) is 1. The maximum Gasteiger partial charge on any atom is 0.255 e. The van der Waals surface area contributed by atoms with Gasteiger partial charge in [-0.25, -0.2) is 0 Å². The summed E-state index contributed by atoms with van der Waals surface area (Å²) in [5.74, 6) is 0.495.